The summed E-state index contributed by atoms with van der Waals surface area (Å²) in [5.41, 5.74) is 2.58. The van der Waals surface area contributed by atoms with Crippen LogP contribution in [0.3, 0.4) is 0 Å². The molecule has 0 aliphatic carbocycles. The number of amides is 1. The van der Waals surface area contributed by atoms with Gasteiger partial charge < -0.3 is 24.3 Å². The second-order valence-corrected chi connectivity index (χ2v) is 9.40. The van der Waals surface area contributed by atoms with Crippen LogP contribution in [0.15, 0.2) is 66.7 Å². The number of esters is 1. The van der Waals surface area contributed by atoms with Gasteiger partial charge in [0.1, 0.15) is 29.0 Å². The van der Waals surface area contributed by atoms with Crippen molar-refractivity contribution in [3.05, 3.63) is 83.4 Å². The van der Waals surface area contributed by atoms with Crippen LogP contribution in [0.1, 0.15) is 22.6 Å². The van der Waals surface area contributed by atoms with Gasteiger partial charge in [0.05, 0.1) is 27.2 Å². The molecule has 0 bridgehead atoms. The zero-order chi connectivity index (χ0) is 26.4. The molecule has 37 heavy (non-hydrogen) atoms. The van der Waals surface area contributed by atoms with Gasteiger partial charge in [0.15, 0.2) is 0 Å². The van der Waals surface area contributed by atoms with Crippen LogP contribution in [0.25, 0.3) is 0 Å². The summed E-state index contributed by atoms with van der Waals surface area (Å²) in [6.45, 7) is 0. The first kappa shape index (κ1) is 26.1. The molecule has 192 valence electrons. The van der Waals surface area contributed by atoms with E-state index >= 15 is 0 Å². The van der Waals surface area contributed by atoms with Crippen LogP contribution in [0.5, 0.6) is 23.0 Å². The predicted octanol–water partition coefficient (Wildman–Crippen LogP) is 4.89. The van der Waals surface area contributed by atoms with Gasteiger partial charge in [-0.15, -0.1) is 0 Å². The standard InChI is InChI=1S/C28H27NO7S/c1-33-22-12-18(13-23(16-22)34-2)14-24(26(30)35-3)19-6-10-21(11-7-19)36-20-8-4-17(5-9-20)15-25-27(31)37-28(32)29-25/h4-13,16,24-25H,14-15H2,1-3H3,(H,29,32). The lowest BCUT2D eigenvalue weighted by Gasteiger charge is -2.17. The molecule has 1 saturated heterocycles. The normalized spacial score (nSPS) is 15.6. The molecule has 1 fully saturated rings. The van der Waals surface area contributed by atoms with Gasteiger partial charge in [0.2, 0.25) is 5.12 Å². The molecule has 1 amide bonds. The molecule has 0 saturated carbocycles. The number of carbonyl (C=O) groups excluding carboxylic acids is 3. The second kappa shape index (κ2) is 11.8. The minimum absolute atomic E-state index is 0.166. The largest absolute Gasteiger partial charge is 0.497 e. The molecule has 8 nitrogen and oxygen atoms in total. The third-order valence-electron chi connectivity index (χ3n) is 5.99. The number of hydrogen-bond donors (Lipinski definition) is 1. The van der Waals surface area contributed by atoms with E-state index < -0.39 is 12.0 Å². The van der Waals surface area contributed by atoms with Crippen molar-refractivity contribution in [2.45, 2.75) is 24.8 Å². The molecule has 2 unspecified atom stereocenters. The molecule has 0 radical (unpaired) electrons. The maximum absolute atomic E-state index is 12.6. The van der Waals surface area contributed by atoms with Gasteiger partial charge in [-0.05, 0) is 59.5 Å². The molecule has 1 N–H and O–H groups in total. The van der Waals surface area contributed by atoms with E-state index in [0.29, 0.717) is 47.6 Å². The summed E-state index contributed by atoms with van der Waals surface area (Å²) in [5, 5.41) is 2.18. The number of carbonyl (C=O) groups is 3. The van der Waals surface area contributed by atoms with E-state index in [4.69, 9.17) is 18.9 Å². The van der Waals surface area contributed by atoms with Crippen LogP contribution in [-0.4, -0.2) is 43.7 Å². The van der Waals surface area contributed by atoms with Gasteiger partial charge in [-0.1, -0.05) is 24.3 Å². The fourth-order valence-corrected chi connectivity index (χ4v) is 4.73. The first-order chi connectivity index (χ1) is 17.9. The Kier molecular flexibility index (Phi) is 8.35. The maximum Gasteiger partial charge on any atom is 0.313 e. The van der Waals surface area contributed by atoms with Crippen LogP contribution in [-0.2, 0) is 27.2 Å². The van der Waals surface area contributed by atoms with Gasteiger partial charge in [-0.25, -0.2) is 0 Å². The number of hydrogen-bond acceptors (Lipinski definition) is 8. The highest BCUT2D eigenvalue weighted by Gasteiger charge is 2.31. The molecular formula is C28H27NO7S. The molecule has 2 atom stereocenters. The Bertz CT molecular complexity index is 1250. The van der Waals surface area contributed by atoms with Crippen molar-refractivity contribution in [2.75, 3.05) is 21.3 Å². The first-order valence-electron chi connectivity index (χ1n) is 11.6. The number of ether oxygens (including phenoxy) is 4. The highest BCUT2D eigenvalue weighted by atomic mass is 32.2. The molecule has 3 aromatic rings. The summed E-state index contributed by atoms with van der Waals surface area (Å²) in [4.78, 5) is 35.8. The summed E-state index contributed by atoms with van der Waals surface area (Å²) in [6.07, 6.45) is 0.838. The van der Waals surface area contributed by atoms with Gasteiger partial charge >= 0.3 is 5.97 Å². The van der Waals surface area contributed by atoms with Crippen LogP contribution >= 0.6 is 11.8 Å². The lowest BCUT2D eigenvalue weighted by Crippen LogP contribution is -2.30. The first-order valence-corrected chi connectivity index (χ1v) is 12.4. The Hall–Kier alpha value is -3.98. The van der Waals surface area contributed by atoms with Gasteiger partial charge in [0.25, 0.3) is 5.24 Å². The third-order valence-corrected chi connectivity index (χ3v) is 6.78. The van der Waals surface area contributed by atoms with E-state index in [2.05, 4.69) is 5.32 Å². The third kappa shape index (κ3) is 6.62. The van der Waals surface area contributed by atoms with Crippen molar-refractivity contribution in [1.82, 2.24) is 5.32 Å². The number of nitrogens with one attached hydrogen (secondary N) is 1. The Morgan fingerprint density at radius 1 is 0.838 bits per heavy atom. The van der Waals surface area contributed by atoms with E-state index in [-0.39, 0.29) is 16.3 Å². The Balaban J connectivity index is 1.44. The second-order valence-electron chi connectivity index (χ2n) is 8.43. The minimum atomic E-state index is -0.521. The van der Waals surface area contributed by atoms with Crippen LogP contribution in [0.4, 0.5) is 4.79 Å². The lowest BCUT2D eigenvalue weighted by molar-refractivity contribution is -0.142. The average Bonchev–Trinajstić information content (AvgIpc) is 3.24. The van der Waals surface area contributed by atoms with Crippen LogP contribution in [0, 0.1) is 0 Å². The minimum Gasteiger partial charge on any atom is -0.497 e. The summed E-state index contributed by atoms with van der Waals surface area (Å²) in [7, 11) is 4.54. The van der Waals surface area contributed by atoms with Crippen molar-refractivity contribution in [2.24, 2.45) is 0 Å². The van der Waals surface area contributed by atoms with E-state index in [9.17, 15) is 14.4 Å². The summed E-state index contributed by atoms with van der Waals surface area (Å²) < 4.78 is 21.7. The quantitative estimate of drug-likeness (QED) is 0.377. The topological polar surface area (TPSA) is 100 Å². The van der Waals surface area contributed by atoms with Crippen molar-refractivity contribution in [3.63, 3.8) is 0 Å². The van der Waals surface area contributed by atoms with Crippen molar-refractivity contribution in [1.29, 1.82) is 0 Å². The highest BCUT2D eigenvalue weighted by molar-refractivity contribution is 8.26. The van der Waals surface area contributed by atoms with Gasteiger partial charge in [0, 0.05) is 24.2 Å². The molecule has 0 aromatic heterocycles. The fraction of sp³-hybridized carbons (Fsp3) is 0.250. The molecule has 3 aromatic carbocycles. The maximum atomic E-state index is 12.6. The van der Waals surface area contributed by atoms with Crippen molar-refractivity contribution >= 4 is 28.1 Å². The summed E-state index contributed by atoms with van der Waals surface area (Å²) in [6, 6.07) is 19.6. The predicted molar refractivity (Wildman–Crippen MR) is 140 cm³/mol. The van der Waals surface area contributed by atoms with Crippen molar-refractivity contribution < 1.29 is 33.3 Å². The van der Waals surface area contributed by atoms with Crippen LogP contribution in [0.2, 0.25) is 0 Å². The molecule has 4 rings (SSSR count). The average molecular weight is 522 g/mol. The Morgan fingerprint density at radius 2 is 1.43 bits per heavy atom. The lowest BCUT2D eigenvalue weighted by atomic mass is 9.91. The fourth-order valence-electron chi connectivity index (χ4n) is 4.06. The summed E-state index contributed by atoms with van der Waals surface area (Å²) in [5.74, 6) is 1.66. The van der Waals surface area contributed by atoms with E-state index in [1.807, 2.05) is 48.5 Å². The van der Waals surface area contributed by atoms with E-state index in [1.54, 1.807) is 32.4 Å². The van der Waals surface area contributed by atoms with E-state index in [0.717, 1.165) is 16.7 Å². The number of thioether (sulfide) groups is 1. The number of benzene rings is 3. The zero-order valence-electron chi connectivity index (χ0n) is 20.7. The van der Waals surface area contributed by atoms with E-state index in [1.165, 1.54) is 7.11 Å². The molecular weight excluding hydrogens is 494 g/mol. The molecule has 1 heterocycles. The Morgan fingerprint density at radius 3 is 1.95 bits per heavy atom. The van der Waals surface area contributed by atoms with Crippen LogP contribution < -0.4 is 19.5 Å². The Labute approximate surface area is 219 Å². The zero-order valence-corrected chi connectivity index (χ0v) is 21.5. The number of methoxy groups -OCH3 is 3. The van der Waals surface area contributed by atoms with Gasteiger partial charge in [-0.2, -0.15) is 0 Å². The monoisotopic (exact) mass is 521 g/mol. The molecule has 0 spiro atoms. The molecule has 9 heteroatoms. The summed E-state index contributed by atoms with van der Waals surface area (Å²) >= 11 is 0.709. The molecule has 1 aliphatic rings. The molecule has 1 aliphatic heterocycles. The van der Waals surface area contributed by atoms with Crippen molar-refractivity contribution in [3.8, 4) is 23.0 Å². The smallest absolute Gasteiger partial charge is 0.313 e. The van der Waals surface area contributed by atoms with Gasteiger partial charge in [-0.3, -0.25) is 14.4 Å². The highest BCUT2D eigenvalue weighted by Crippen LogP contribution is 2.30. The SMILES string of the molecule is COC(=O)C(Cc1cc(OC)cc(OC)c1)c1ccc(Oc2ccc(CC3NC(=O)SC3=O)cc2)cc1. The number of rotatable bonds is 10.